The summed E-state index contributed by atoms with van der Waals surface area (Å²) in [6.07, 6.45) is 7.15. The largest absolute Gasteiger partial charge is 0.483 e. The van der Waals surface area contributed by atoms with Gasteiger partial charge >= 0.3 is 5.97 Å². The smallest absolute Gasteiger partial charge is 0.338 e. The van der Waals surface area contributed by atoms with Crippen molar-refractivity contribution in [2.24, 2.45) is 5.10 Å². The number of carbonyl (C=O) groups is 2. The van der Waals surface area contributed by atoms with E-state index in [9.17, 15) is 9.59 Å². The van der Waals surface area contributed by atoms with E-state index in [4.69, 9.17) is 28.1 Å². The van der Waals surface area contributed by atoms with Gasteiger partial charge in [0.2, 0.25) is 0 Å². The minimum atomic E-state index is -0.613. The van der Waals surface area contributed by atoms with Gasteiger partial charge in [0.15, 0.2) is 11.7 Å². The molecule has 9 nitrogen and oxygen atoms in total. The van der Waals surface area contributed by atoms with Crippen LogP contribution in [0.3, 0.4) is 0 Å². The van der Waals surface area contributed by atoms with Crippen molar-refractivity contribution in [3.05, 3.63) is 76.6 Å². The third-order valence-electron chi connectivity index (χ3n) is 6.27. The predicted octanol–water partition coefficient (Wildman–Crippen LogP) is 3.47. The average molecular weight is 544 g/mol. The van der Waals surface area contributed by atoms with Gasteiger partial charge in [-0.05, 0) is 45.1 Å². The minimum Gasteiger partial charge on any atom is -0.483 e. The zero-order valence-electron chi connectivity index (χ0n) is 21.9. The molecule has 0 aliphatic carbocycles. The van der Waals surface area contributed by atoms with Gasteiger partial charge in [0.25, 0.3) is 5.91 Å². The number of nitrogens with one attached hydrogen (secondary N) is 3. The van der Waals surface area contributed by atoms with Crippen LogP contribution >= 0.6 is 12.2 Å². The van der Waals surface area contributed by atoms with Gasteiger partial charge in [0.05, 0.1) is 31.0 Å². The third-order valence-corrected chi connectivity index (χ3v) is 6.49. The van der Waals surface area contributed by atoms with Gasteiger partial charge in [-0.3, -0.25) is 4.79 Å². The number of thiocarbonyl (C=S) groups is 1. The first-order valence-corrected chi connectivity index (χ1v) is 12.8. The third kappa shape index (κ3) is 5.94. The molecule has 1 aromatic heterocycles. The van der Waals surface area contributed by atoms with Gasteiger partial charge in [0, 0.05) is 33.4 Å². The number of benzene rings is 2. The van der Waals surface area contributed by atoms with Crippen molar-refractivity contribution >= 4 is 46.3 Å². The number of ether oxygens (including phenoxy) is 2. The van der Waals surface area contributed by atoms with E-state index < -0.39 is 17.9 Å². The Morgan fingerprint density at radius 2 is 1.95 bits per heavy atom. The number of esters is 1. The molecule has 2 heterocycles. The molecular formula is C29H29N5O4S. The number of hydrazone groups is 1. The van der Waals surface area contributed by atoms with Gasteiger partial charge < -0.3 is 24.7 Å². The summed E-state index contributed by atoms with van der Waals surface area (Å²) in [4.78, 5) is 25.3. The number of aromatic nitrogens is 1. The lowest BCUT2D eigenvalue weighted by molar-refractivity contribution is -0.139. The number of para-hydroxylation sites is 2. The van der Waals surface area contributed by atoms with Crippen LogP contribution in [0.4, 0.5) is 0 Å². The molecule has 4 rings (SSSR count). The highest BCUT2D eigenvalue weighted by Gasteiger charge is 2.32. The summed E-state index contributed by atoms with van der Waals surface area (Å²) in [5.41, 5.74) is 6.94. The summed E-state index contributed by atoms with van der Waals surface area (Å²) >= 11 is 5.32. The van der Waals surface area contributed by atoms with Gasteiger partial charge in [-0.2, -0.15) is 5.10 Å². The second kappa shape index (κ2) is 12.3. The number of fused-ring (bicyclic) bond motifs is 1. The maximum Gasteiger partial charge on any atom is 0.338 e. The van der Waals surface area contributed by atoms with Crippen LogP contribution in [0.15, 0.2) is 64.9 Å². The quantitative estimate of drug-likeness (QED) is 0.125. The van der Waals surface area contributed by atoms with E-state index in [1.165, 1.54) is 0 Å². The van der Waals surface area contributed by atoms with Gasteiger partial charge in [-0.1, -0.05) is 42.3 Å². The Kier molecular flexibility index (Phi) is 8.63. The molecule has 3 aromatic rings. The molecule has 0 saturated heterocycles. The van der Waals surface area contributed by atoms with Gasteiger partial charge in [-0.15, -0.1) is 6.42 Å². The molecule has 1 atom stereocenters. The van der Waals surface area contributed by atoms with E-state index in [2.05, 4.69) is 27.1 Å². The molecule has 0 spiro atoms. The van der Waals surface area contributed by atoms with Crippen LogP contribution in [0.2, 0.25) is 0 Å². The zero-order chi connectivity index (χ0) is 27.9. The van der Waals surface area contributed by atoms with Crippen LogP contribution < -0.4 is 20.8 Å². The lowest BCUT2D eigenvalue weighted by atomic mass is 9.95. The fourth-order valence-electron chi connectivity index (χ4n) is 4.52. The number of terminal acetylenes is 1. The van der Waals surface area contributed by atoms with Crippen molar-refractivity contribution in [3.63, 3.8) is 0 Å². The summed E-state index contributed by atoms with van der Waals surface area (Å²) in [6, 6.07) is 14.4. The van der Waals surface area contributed by atoms with Gasteiger partial charge in [0.1, 0.15) is 5.75 Å². The molecule has 0 saturated carbocycles. The highest BCUT2D eigenvalue weighted by Crippen LogP contribution is 2.33. The Morgan fingerprint density at radius 3 is 2.72 bits per heavy atom. The summed E-state index contributed by atoms with van der Waals surface area (Å²) in [5.74, 6) is 2.18. The molecule has 0 unspecified atom stereocenters. The van der Waals surface area contributed by atoms with Crippen LogP contribution in [0.25, 0.3) is 10.9 Å². The maximum absolute atomic E-state index is 12.7. The van der Waals surface area contributed by atoms with Crippen molar-refractivity contribution < 1.29 is 19.1 Å². The standard InChI is InChI=1S/C29H29N5O4S/c1-5-15-34-19(4)22(20-11-7-9-13-23(20)34)16-30-33-25(35)17-38-24-14-10-8-12-21(24)27-26(28(36)37-6-2)18(3)31-29(39)32-27/h1,7-14,16,27H,6,15,17H2,2-4H3,(H,33,35)(H2,31,32,39)/t27-/m0/s1. The van der Waals surface area contributed by atoms with Crippen LogP contribution in [-0.4, -0.2) is 41.0 Å². The Bertz CT molecular complexity index is 1530. The fraction of sp³-hybridized carbons (Fsp3) is 0.241. The molecule has 39 heavy (non-hydrogen) atoms. The highest BCUT2D eigenvalue weighted by atomic mass is 32.1. The van der Waals surface area contributed by atoms with Crippen molar-refractivity contribution in [1.82, 2.24) is 20.6 Å². The molecule has 2 aromatic carbocycles. The second-order valence-corrected chi connectivity index (χ2v) is 9.13. The zero-order valence-corrected chi connectivity index (χ0v) is 22.7. The van der Waals surface area contributed by atoms with E-state index in [-0.39, 0.29) is 13.2 Å². The maximum atomic E-state index is 12.7. The number of allylic oxidation sites excluding steroid dienone is 1. The van der Waals surface area contributed by atoms with Crippen LogP contribution in [0, 0.1) is 19.3 Å². The number of nitrogens with zero attached hydrogens (tertiary/aromatic N) is 2. The summed E-state index contributed by atoms with van der Waals surface area (Å²) in [7, 11) is 0. The van der Waals surface area contributed by atoms with Crippen molar-refractivity contribution in [2.75, 3.05) is 13.2 Å². The first-order chi connectivity index (χ1) is 18.8. The Labute approximate surface area is 232 Å². The SMILES string of the molecule is C#CCn1c(C)c(C=NNC(=O)COc2ccccc2[C@@H]2NC(=S)NC(C)=C2C(=O)OCC)c2ccccc21. The average Bonchev–Trinajstić information content (AvgIpc) is 3.18. The van der Waals surface area contributed by atoms with E-state index in [1.807, 2.05) is 41.8 Å². The number of amides is 1. The van der Waals surface area contributed by atoms with Gasteiger partial charge in [-0.25, -0.2) is 10.2 Å². The normalized spacial score (nSPS) is 15.0. The highest BCUT2D eigenvalue weighted by molar-refractivity contribution is 7.80. The predicted molar refractivity (Wildman–Crippen MR) is 154 cm³/mol. The Hall–Kier alpha value is -4.62. The number of hydrogen-bond donors (Lipinski definition) is 3. The fourth-order valence-corrected chi connectivity index (χ4v) is 4.79. The van der Waals surface area contributed by atoms with Crippen molar-refractivity contribution in [2.45, 2.75) is 33.4 Å². The number of carbonyl (C=O) groups excluding carboxylic acids is 2. The summed E-state index contributed by atoms with van der Waals surface area (Å²) in [5, 5.41) is 11.6. The first-order valence-electron chi connectivity index (χ1n) is 12.4. The van der Waals surface area contributed by atoms with Crippen molar-refractivity contribution in [1.29, 1.82) is 0 Å². The summed E-state index contributed by atoms with van der Waals surface area (Å²) in [6.45, 7) is 5.83. The molecule has 0 fully saturated rings. The Balaban J connectivity index is 1.48. The summed E-state index contributed by atoms with van der Waals surface area (Å²) < 4.78 is 13.1. The molecule has 200 valence electrons. The van der Waals surface area contributed by atoms with Crippen LogP contribution in [0.1, 0.15) is 36.7 Å². The van der Waals surface area contributed by atoms with E-state index >= 15 is 0 Å². The molecule has 3 N–H and O–H groups in total. The molecule has 10 heteroatoms. The minimum absolute atomic E-state index is 0.232. The lowest BCUT2D eigenvalue weighted by Gasteiger charge is -2.30. The van der Waals surface area contributed by atoms with Crippen molar-refractivity contribution in [3.8, 4) is 18.1 Å². The first kappa shape index (κ1) is 27.4. The van der Waals surface area contributed by atoms with E-state index in [0.29, 0.717) is 34.2 Å². The molecule has 1 aliphatic rings. The van der Waals surface area contributed by atoms with Crippen LogP contribution in [0.5, 0.6) is 5.75 Å². The number of hydrogen-bond acceptors (Lipinski definition) is 6. The molecule has 1 aliphatic heterocycles. The topological polar surface area (TPSA) is 106 Å². The molecule has 0 radical (unpaired) electrons. The molecule has 0 bridgehead atoms. The van der Waals surface area contributed by atoms with E-state index in [1.54, 1.807) is 38.3 Å². The monoisotopic (exact) mass is 543 g/mol. The van der Waals surface area contributed by atoms with E-state index in [0.717, 1.165) is 22.2 Å². The lowest BCUT2D eigenvalue weighted by Crippen LogP contribution is -2.45. The Morgan fingerprint density at radius 1 is 1.21 bits per heavy atom. The molecule has 1 amide bonds. The van der Waals surface area contributed by atoms with Crippen LogP contribution in [-0.2, 0) is 20.9 Å². The second-order valence-electron chi connectivity index (χ2n) is 8.72. The molecular weight excluding hydrogens is 514 g/mol. The number of rotatable bonds is 9.